The Morgan fingerprint density at radius 3 is 2.88 bits per heavy atom. The molecule has 2 unspecified atom stereocenters. The van der Waals surface area contributed by atoms with Crippen LogP contribution >= 0.6 is 0 Å². The number of hydrogen-bond donors (Lipinski definition) is 1. The summed E-state index contributed by atoms with van der Waals surface area (Å²) in [4.78, 5) is 0. The summed E-state index contributed by atoms with van der Waals surface area (Å²) in [7, 11) is 0. The van der Waals surface area contributed by atoms with Gasteiger partial charge >= 0.3 is 0 Å². The Bertz CT molecular complexity index is 353. The van der Waals surface area contributed by atoms with Crippen molar-refractivity contribution in [3.8, 4) is 6.07 Å². The van der Waals surface area contributed by atoms with E-state index < -0.39 is 0 Å². The quantitative estimate of drug-likeness (QED) is 0.836. The van der Waals surface area contributed by atoms with Gasteiger partial charge in [-0.25, -0.2) is 0 Å². The first kappa shape index (κ1) is 11.2. The highest BCUT2D eigenvalue weighted by Crippen LogP contribution is 2.20. The van der Waals surface area contributed by atoms with E-state index in [2.05, 4.69) is 41.7 Å². The standard InChI is InChI=1S/C14H18N2/c15-9-8-13-10-14(16-11-13)7-6-12-4-2-1-3-5-12/h1-5,13-14,16H,6-8,10-11H2. The molecule has 1 N–H and O–H groups in total. The molecule has 0 radical (unpaired) electrons. The molecule has 0 amide bonds. The highest BCUT2D eigenvalue weighted by molar-refractivity contribution is 5.14. The van der Waals surface area contributed by atoms with Gasteiger partial charge in [0, 0.05) is 12.5 Å². The topological polar surface area (TPSA) is 35.8 Å². The first-order valence-electron chi connectivity index (χ1n) is 6.02. The maximum Gasteiger partial charge on any atom is 0.0625 e. The molecule has 1 saturated heterocycles. The fraction of sp³-hybridized carbons (Fsp3) is 0.500. The Morgan fingerprint density at radius 2 is 2.12 bits per heavy atom. The zero-order valence-electron chi connectivity index (χ0n) is 9.52. The van der Waals surface area contributed by atoms with E-state index in [0.29, 0.717) is 18.4 Å². The third-order valence-electron chi connectivity index (χ3n) is 3.32. The van der Waals surface area contributed by atoms with Crippen LogP contribution in [0.3, 0.4) is 0 Å². The third kappa shape index (κ3) is 3.08. The lowest BCUT2D eigenvalue weighted by Gasteiger charge is -2.09. The summed E-state index contributed by atoms with van der Waals surface area (Å²) in [6.45, 7) is 1.02. The predicted octanol–water partition coefficient (Wildman–Crippen LogP) is 2.51. The summed E-state index contributed by atoms with van der Waals surface area (Å²) in [6.07, 6.45) is 4.19. The van der Waals surface area contributed by atoms with Gasteiger partial charge in [0.25, 0.3) is 0 Å². The number of nitrogens with zero attached hydrogens (tertiary/aromatic N) is 1. The normalized spacial score (nSPS) is 24.2. The van der Waals surface area contributed by atoms with Crippen LogP contribution in [0.15, 0.2) is 30.3 Å². The van der Waals surface area contributed by atoms with Crippen molar-refractivity contribution in [1.82, 2.24) is 5.32 Å². The molecule has 1 aliphatic heterocycles. The van der Waals surface area contributed by atoms with Crippen molar-refractivity contribution < 1.29 is 0 Å². The van der Waals surface area contributed by atoms with Gasteiger partial charge < -0.3 is 5.32 Å². The number of benzene rings is 1. The number of nitrogens with one attached hydrogen (secondary N) is 1. The fourth-order valence-electron chi connectivity index (χ4n) is 2.39. The van der Waals surface area contributed by atoms with Crippen LogP contribution < -0.4 is 5.32 Å². The molecule has 0 spiro atoms. The van der Waals surface area contributed by atoms with Gasteiger partial charge in [-0.2, -0.15) is 5.26 Å². The molecule has 1 aliphatic rings. The minimum Gasteiger partial charge on any atom is -0.314 e. The monoisotopic (exact) mass is 214 g/mol. The highest BCUT2D eigenvalue weighted by atomic mass is 14.9. The molecule has 0 aliphatic carbocycles. The van der Waals surface area contributed by atoms with Crippen molar-refractivity contribution in [1.29, 1.82) is 5.26 Å². The second-order valence-corrected chi connectivity index (χ2v) is 4.59. The van der Waals surface area contributed by atoms with Crippen molar-refractivity contribution >= 4 is 0 Å². The Kier molecular flexibility index (Phi) is 3.96. The molecule has 2 rings (SSSR count). The Labute approximate surface area is 97.3 Å². The van der Waals surface area contributed by atoms with Crippen molar-refractivity contribution in [3.05, 3.63) is 35.9 Å². The van der Waals surface area contributed by atoms with Crippen LogP contribution in [0.5, 0.6) is 0 Å². The molecule has 2 heteroatoms. The highest BCUT2D eigenvalue weighted by Gasteiger charge is 2.23. The summed E-state index contributed by atoms with van der Waals surface area (Å²) in [5.41, 5.74) is 1.41. The summed E-state index contributed by atoms with van der Waals surface area (Å²) in [6, 6.07) is 13.5. The molecule has 16 heavy (non-hydrogen) atoms. The lowest BCUT2D eigenvalue weighted by atomic mass is 9.98. The molecule has 2 nitrogen and oxygen atoms in total. The fourth-order valence-corrected chi connectivity index (χ4v) is 2.39. The molecular weight excluding hydrogens is 196 g/mol. The van der Waals surface area contributed by atoms with E-state index in [-0.39, 0.29) is 0 Å². The van der Waals surface area contributed by atoms with Gasteiger partial charge in [0.05, 0.1) is 6.07 Å². The van der Waals surface area contributed by atoms with Crippen LogP contribution in [0.4, 0.5) is 0 Å². The van der Waals surface area contributed by atoms with E-state index in [0.717, 1.165) is 13.0 Å². The van der Waals surface area contributed by atoms with Crippen LogP contribution in [-0.2, 0) is 6.42 Å². The molecule has 84 valence electrons. The van der Waals surface area contributed by atoms with E-state index in [1.165, 1.54) is 18.4 Å². The first-order valence-corrected chi connectivity index (χ1v) is 6.02. The van der Waals surface area contributed by atoms with E-state index in [9.17, 15) is 0 Å². The Morgan fingerprint density at radius 1 is 1.31 bits per heavy atom. The SMILES string of the molecule is N#CCC1CNC(CCc2ccccc2)C1. The number of rotatable bonds is 4. The summed E-state index contributed by atoms with van der Waals surface area (Å²) < 4.78 is 0. The lowest BCUT2D eigenvalue weighted by molar-refractivity contribution is 0.532. The molecule has 1 fully saturated rings. The van der Waals surface area contributed by atoms with Crippen LogP contribution in [0, 0.1) is 17.2 Å². The smallest absolute Gasteiger partial charge is 0.0625 e. The summed E-state index contributed by atoms with van der Waals surface area (Å²) in [5, 5.41) is 12.2. The minimum atomic E-state index is 0.575. The van der Waals surface area contributed by atoms with E-state index in [4.69, 9.17) is 5.26 Å². The van der Waals surface area contributed by atoms with Crippen molar-refractivity contribution in [2.45, 2.75) is 31.7 Å². The van der Waals surface area contributed by atoms with E-state index >= 15 is 0 Å². The van der Waals surface area contributed by atoms with Crippen LogP contribution in [0.25, 0.3) is 0 Å². The first-order chi connectivity index (χ1) is 7.88. The van der Waals surface area contributed by atoms with Crippen LogP contribution in [0.1, 0.15) is 24.8 Å². The maximum absolute atomic E-state index is 8.64. The molecule has 2 atom stereocenters. The van der Waals surface area contributed by atoms with Gasteiger partial charge in [0.1, 0.15) is 0 Å². The zero-order chi connectivity index (χ0) is 11.2. The third-order valence-corrected chi connectivity index (χ3v) is 3.32. The number of aryl methyl sites for hydroxylation is 1. The molecule has 0 saturated carbocycles. The minimum absolute atomic E-state index is 0.575. The van der Waals surface area contributed by atoms with E-state index in [1.807, 2.05) is 0 Å². The molecule has 0 bridgehead atoms. The molecule has 0 aromatic heterocycles. The molecule has 1 heterocycles. The maximum atomic E-state index is 8.64. The lowest BCUT2D eigenvalue weighted by Crippen LogP contribution is -2.21. The second-order valence-electron chi connectivity index (χ2n) is 4.59. The second kappa shape index (κ2) is 5.67. The molecule has 1 aromatic carbocycles. The largest absolute Gasteiger partial charge is 0.314 e. The van der Waals surface area contributed by atoms with Crippen molar-refractivity contribution in [2.24, 2.45) is 5.92 Å². The van der Waals surface area contributed by atoms with Crippen LogP contribution in [-0.4, -0.2) is 12.6 Å². The average Bonchev–Trinajstić information content (AvgIpc) is 2.76. The van der Waals surface area contributed by atoms with Gasteiger partial charge in [-0.15, -0.1) is 0 Å². The summed E-state index contributed by atoms with van der Waals surface area (Å²) >= 11 is 0. The van der Waals surface area contributed by atoms with Crippen molar-refractivity contribution in [3.63, 3.8) is 0 Å². The van der Waals surface area contributed by atoms with E-state index in [1.54, 1.807) is 0 Å². The van der Waals surface area contributed by atoms with Gasteiger partial charge in [-0.1, -0.05) is 30.3 Å². The van der Waals surface area contributed by atoms with Gasteiger partial charge in [-0.05, 0) is 37.3 Å². The van der Waals surface area contributed by atoms with Gasteiger partial charge in [0.2, 0.25) is 0 Å². The zero-order valence-corrected chi connectivity index (χ0v) is 9.52. The molecule has 1 aromatic rings. The Hall–Kier alpha value is -1.33. The Balaban J connectivity index is 1.74. The van der Waals surface area contributed by atoms with Gasteiger partial charge in [0.15, 0.2) is 0 Å². The molecular formula is C14H18N2. The van der Waals surface area contributed by atoms with Crippen LogP contribution in [0.2, 0.25) is 0 Å². The number of nitriles is 1. The predicted molar refractivity (Wildman–Crippen MR) is 64.9 cm³/mol. The van der Waals surface area contributed by atoms with Crippen molar-refractivity contribution in [2.75, 3.05) is 6.54 Å². The average molecular weight is 214 g/mol. The van der Waals surface area contributed by atoms with Gasteiger partial charge in [-0.3, -0.25) is 0 Å². The summed E-state index contributed by atoms with van der Waals surface area (Å²) in [5.74, 6) is 0.575. The number of hydrogen-bond acceptors (Lipinski definition) is 2.